The van der Waals surface area contributed by atoms with Crippen LogP contribution in [0.4, 0.5) is 11.8 Å². The fraction of sp³-hybridized carbons (Fsp3) is 0.360. The molecule has 0 aliphatic heterocycles. The SMILES string of the molecule is Cc1cnc(N[C@H]2CC[C@@H](NC(=O)c3cccnc3S(=O)(=O)c3ccccc3Cl)CC2)nc1N(C)C. The summed E-state index contributed by atoms with van der Waals surface area (Å²) in [4.78, 5) is 28.0. The number of aryl methyl sites for hydroxylation is 1. The fourth-order valence-electron chi connectivity index (χ4n) is 4.33. The van der Waals surface area contributed by atoms with Crippen LogP contribution in [-0.2, 0) is 9.84 Å². The Labute approximate surface area is 216 Å². The number of amides is 1. The molecule has 0 radical (unpaired) electrons. The van der Waals surface area contributed by atoms with Gasteiger partial charge in [-0.3, -0.25) is 4.79 Å². The molecule has 0 bridgehead atoms. The molecule has 0 spiro atoms. The lowest BCUT2D eigenvalue weighted by Gasteiger charge is -2.30. The van der Waals surface area contributed by atoms with E-state index >= 15 is 0 Å². The predicted molar refractivity (Wildman–Crippen MR) is 139 cm³/mol. The first-order valence-electron chi connectivity index (χ1n) is 11.7. The van der Waals surface area contributed by atoms with Crippen LogP contribution in [0.1, 0.15) is 41.6 Å². The molecule has 1 aliphatic carbocycles. The molecule has 1 amide bonds. The van der Waals surface area contributed by atoms with E-state index in [1.54, 1.807) is 24.4 Å². The van der Waals surface area contributed by atoms with Crippen LogP contribution >= 0.6 is 11.6 Å². The van der Waals surface area contributed by atoms with Gasteiger partial charge in [0.2, 0.25) is 15.8 Å². The minimum atomic E-state index is -4.07. The van der Waals surface area contributed by atoms with Gasteiger partial charge in [0.1, 0.15) is 5.82 Å². The van der Waals surface area contributed by atoms with Crippen LogP contribution in [0, 0.1) is 6.92 Å². The van der Waals surface area contributed by atoms with Gasteiger partial charge in [-0.1, -0.05) is 23.7 Å². The summed E-state index contributed by atoms with van der Waals surface area (Å²) in [7, 11) is -0.184. The quantitative estimate of drug-likeness (QED) is 0.474. The molecule has 2 aromatic heterocycles. The van der Waals surface area contributed by atoms with Gasteiger partial charge in [-0.15, -0.1) is 0 Å². The number of sulfone groups is 1. The van der Waals surface area contributed by atoms with Gasteiger partial charge < -0.3 is 15.5 Å². The first-order chi connectivity index (χ1) is 17.2. The normalized spacial score (nSPS) is 17.9. The molecule has 9 nitrogen and oxygen atoms in total. The van der Waals surface area contributed by atoms with E-state index in [1.165, 1.54) is 24.4 Å². The minimum Gasteiger partial charge on any atom is -0.362 e. The summed E-state index contributed by atoms with van der Waals surface area (Å²) in [6.45, 7) is 1.97. The highest BCUT2D eigenvalue weighted by molar-refractivity contribution is 7.91. The van der Waals surface area contributed by atoms with Gasteiger partial charge in [0.25, 0.3) is 5.91 Å². The average Bonchev–Trinajstić information content (AvgIpc) is 2.86. The van der Waals surface area contributed by atoms with E-state index in [0.29, 0.717) is 5.95 Å². The van der Waals surface area contributed by atoms with Crippen molar-refractivity contribution in [3.63, 3.8) is 0 Å². The summed E-state index contributed by atoms with van der Waals surface area (Å²) in [6, 6.07) is 9.24. The number of anilines is 2. The van der Waals surface area contributed by atoms with Crippen LogP contribution in [-0.4, -0.2) is 55.5 Å². The Hall–Kier alpha value is -3.24. The average molecular weight is 529 g/mol. The molecule has 36 heavy (non-hydrogen) atoms. The summed E-state index contributed by atoms with van der Waals surface area (Å²) in [6.07, 6.45) is 6.27. The molecule has 1 aromatic carbocycles. The van der Waals surface area contributed by atoms with E-state index in [2.05, 4.69) is 25.6 Å². The highest BCUT2D eigenvalue weighted by Gasteiger charge is 2.29. The number of carbonyl (C=O) groups is 1. The van der Waals surface area contributed by atoms with Crippen LogP contribution < -0.4 is 15.5 Å². The van der Waals surface area contributed by atoms with Crippen molar-refractivity contribution in [3.8, 4) is 0 Å². The highest BCUT2D eigenvalue weighted by Crippen LogP contribution is 2.29. The molecular weight excluding hydrogens is 500 g/mol. The third kappa shape index (κ3) is 5.60. The molecule has 1 fully saturated rings. The Morgan fingerprint density at radius 3 is 2.42 bits per heavy atom. The Morgan fingerprint density at radius 2 is 1.72 bits per heavy atom. The lowest BCUT2D eigenvalue weighted by molar-refractivity contribution is 0.0922. The maximum Gasteiger partial charge on any atom is 0.254 e. The first-order valence-corrected chi connectivity index (χ1v) is 13.6. The van der Waals surface area contributed by atoms with Crippen LogP contribution in [0.3, 0.4) is 0 Å². The second-order valence-electron chi connectivity index (χ2n) is 9.05. The number of hydrogen-bond donors (Lipinski definition) is 2. The van der Waals surface area contributed by atoms with Gasteiger partial charge in [-0.2, -0.15) is 4.98 Å². The third-order valence-electron chi connectivity index (χ3n) is 6.16. The number of nitrogens with zero attached hydrogens (tertiary/aromatic N) is 4. The Bertz CT molecular complexity index is 1360. The lowest BCUT2D eigenvalue weighted by Crippen LogP contribution is -2.40. The molecule has 2 heterocycles. The van der Waals surface area contributed by atoms with Crippen LogP contribution in [0.15, 0.2) is 58.7 Å². The van der Waals surface area contributed by atoms with Crippen LogP contribution in [0.25, 0.3) is 0 Å². The maximum absolute atomic E-state index is 13.2. The zero-order valence-corrected chi connectivity index (χ0v) is 22.0. The maximum atomic E-state index is 13.2. The van der Waals surface area contributed by atoms with Gasteiger partial charge in [-0.25, -0.2) is 18.4 Å². The van der Waals surface area contributed by atoms with Gasteiger partial charge in [0.05, 0.1) is 15.5 Å². The van der Waals surface area contributed by atoms with Crippen molar-refractivity contribution in [3.05, 3.63) is 64.9 Å². The zero-order valence-electron chi connectivity index (χ0n) is 20.4. The third-order valence-corrected chi connectivity index (χ3v) is 8.37. The summed E-state index contributed by atoms with van der Waals surface area (Å²) in [5.41, 5.74) is 1.00. The molecule has 0 atom stereocenters. The van der Waals surface area contributed by atoms with Crippen LogP contribution in [0.5, 0.6) is 0 Å². The summed E-state index contributed by atoms with van der Waals surface area (Å²) < 4.78 is 26.5. The highest BCUT2D eigenvalue weighted by atomic mass is 35.5. The van der Waals surface area contributed by atoms with Crippen molar-refractivity contribution in [2.75, 3.05) is 24.3 Å². The second kappa shape index (κ2) is 10.8. The lowest BCUT2D eigenvalue weighted by atomic mass is 9.91. The molecule has 190 valence electrons. The number of benzene rings is 1. The molecule has 4 rings (SSSR count). The molecule has 11 heteroatoms. The van der Waals surface area contributed by atoms with Crippen molar-refractivity contribution in [2.24, 2.45) is 0 Å². The Morgan fingerprint density at radius 1 is 1.03 bits per heavy atom. The smallest absolute Gasteiger partial charge is 0.254 e. The van der Waals surface area contributed by atoms with Gasteiger partial charge in [0, 0.05) is 44.1 Å². The van der Waals surface area contributed by atoms with E-state index in [1.807, 2.05) is 25.9 Å². The van der Waals surface area contributed by atoms with Crippen molar-refractivity contribution >= 4 is 39.1 Å². The van der Waals surface area contributed by atoms with Crippen LogP contribution in [0.2, 0.25) is 5.02 Å². The standard InChI is InChI=1S/C25H29ClN6O3S/c1-16-15-28-25(31-22(16)32(2)3)30-18-12-10-17(11-13-18)29-23(33)19-7-6-14-27-24(19)36(34,35)21-9-5-4-8-20(21)26/h4-9,14-15,17-18H,10-13H2,1-3H3,(H,29,33)(H,28,30,31)/t17-,18+. The zero-order chi connectivity index (χ0) is 25.9. The van der Waals surface area contributed by atoms with E-state index in [0.717, 1.165) is 37.1 Å². The largest absolute Gasteiger partial charge is 0.362 e. The topological polar surface area (TPSA) is 117 Å². The minimum absolute atomic E-state index is 0.00179. The fourth-order valence-corrected chi connectivity index (χ4v) is 6.21. The van der Waals surface area contributed by atoms with Gasteiger partial charge >= 0.3 is 0 Å². The van der Waals surface area contributed by atoms with E-state index in [-0.39, 0.29) is 32.6 Å². The number of hydrogen-bond acceptors (Lipinski definition) is 8. The number of halogens is 1. The van der Waals surface area contributed by atoms with Crippen molar-refractivity contribution in [1.29, 1.82) is 0 Å². The molecule has 0 unspecified atom stereocenters. The second-order valence-corrected chi connectivity index (χ2v) is 11.3. The molecular formula is C25H29ClN6O3S. The molecule has 0 saturated heterocycles. The van der Waals surface area contributed by atoms with Gasteiger partial charge in [0.15, 0.2) is 5.03 Å². The first kappa shape index (κ1) is 25.8. The summed E-state index contributed by atoms with van der Waals surface area (Å²) >= 11 is 6.12. The van der Waals surface area contributed by atoms with E-state index in [9.17, 15) is 13.2 Å². The van der Waals surface area contributed by atoms with Crippen molar-refractivity contribution < 1.29 is 13.2 Å². The van der Waals surface area contributed by atoms with Gasteiger partial charge in [-0.05, 0) is 56.9 Å². The number of carbonyl (C=O) groups excluding carboxylic acids is 1. The molecule has 1 aliphatic rings. The monoisotopic (exact) mass is 528 g/mol. The molecule has 3 aromatic rings. The summed E-state index contributed by atoms with van der Waals surface area (Å²) in [5.74, 6) is 0.983. The number of rotatable bonds is 7. The Kier molecular flexibility index (Phi) is 7.75. The predicted octanol–water partition coefficient (Wildman–Crippen LogP) is 3.89. The summed E-state index contributed by atoms with van der Waals surface area (Å²) in [5, 5.41) is 6.16. The van der Waals surface area contributed by atoms with Crippen molar-refractivity contribution in [1.82, 2.24) is 20.3 Å². The number of pyridine rings is 1. The Balaban J connectivity index is 1.41. The van der Waals surface area contributed by atoms with E-state index < -0.39 is 15.7 Å². The van der Waals surface area contributed by atoms with Crippen molar-refractivity contribution in [2.45, 2.75) is 54.6 Å². The number of aromatic nitrogens is 3. The molecule has 2 N–H and O–H groups in total. The molecule has 1 saturated carbocycles. The number of nitrogens with one attached hydrogen (secondary N) is 2. The van der Waals surface area contributed by atoms with E-state index in [4.69, 9.17) is 11.6 Å².